The minimum Gasteiger partial charge on any atom is -0.0991 e. The van der Waals surface area contributed by atoms with Crippen LogP contribution in [0.5, 0.6) is 0 Å². The first-order valence-corrected chi connectivity index (χ1v) is 5.57. The van der Waals surface area contributed by atoms with Crippen LogP contribution in [-0.2, 0) is 0 Å². The molecule has 0 aliphatic carbocycles. The van der Waals surface area contributed by atoms with Crippen molar-refractivity contribution >= 4 is 28.2 Å². The van der Waals surface area contributed by atoms with E-state index in [4.69, 9.17) is 0 Å². The van der Waals surface area contributed by atoms with Gasteiger partial charge in [0.2, 0.25) is 0 Å². The molecule has 1 rings (SSSR count). The summed E-state index contributed by atoms with van der Waals surface area (Å²) in [6, 6.07) is 8.45. The van der Waals surface area contributed by atoms with Gasteiger partial charge in [0.1, 0.15) is 0 Å². The van der Waals surface area contributed by atoms with Crippen LogP contribution in [0.2, 0.25) is 0 Å². The lowest BCUT2D eigenvalue weighted by atomic mass is 10.1. The van der Waals surface area contributed by atoms with Crippen LogP contribution in [0.25, 0.3) is 5.57 Å². The summed E-state index contributed by atoms with van der Waals surface area (Å²) in [4.78, 5) is 0. The molecule has 0 aliphatic heterocycles. The Morgan fingerprint density at radius 3 is 2.79 bits per heavy atom. The third kappa shape index (κ3) is 3.14. The highest BCUT2D eigenvalue weighted by Crippen LogP contribution is 2.18. The summed E-state index contributed by atoms with van der Waals surface area (Å²) >= 11 is 2.32. The first-order valence-electron chi connectivity index (χ1n) is 4.49. The lowest BCUT2D eigenvalue weighted by Crippen LogP contribution is -1.81. The number of hydrogen-bond acceptors (Lipinski definition) is 0. The van der Waals surface area contributed by atoms with Crippen molar-refractivity contribution in [3.05, 3.63) is 64.3 Å². The predicted molar refractivity (Wildman–Crippen MR) is 72.1 cm³/mol. The normalized spacial score (nSPS) is 12.0. The van der Waals surface area contributed by atoms with Crippen LogP contribution in [0.4, 0.5) is 0 Å². The van der Waals surface area contributed by atoms with E-state index in [2.05, 4.69) is 65.6 Å². The van der Waals surface area contributed by atoms with Gasteiger partial charge >= 0.3 is 0 Å². The molecule has 0 saturated heterocycles. The fourth-order valence-electron chi connectivity index (χ4n) is 1.20. The Hall–Kier alpha value is -0.830. The van der Waals surface area contributed by atoms with Gasteiger partial charge in [-0.1, -0.05) is 43.0 Å². The van der Waals surface area contributed by atoms with Crippen LogP contribution in [0.15, 0.2) is 55.1 Å². The van der Waals surface area contributed by atoms with Crippen molar-refractivity contribution in [3.8, 4) is 0 Å². The third-order valence-corrected chi connectivity index (χ3v) is 2.55. The Labute approximate surface area is 99.2 Å². The molecular formula is C13H13I. The van der Waals surface area contributed by atoms with E-state index in [9.17, 15) is 0 Å². The van der Waals surface area contributed by atoms with Crippen molar-refractivity contribution < 1.29 is 0 Å². The largest absolute Gasteiger partial charge is 0.0991 e. The summed E-state index contributed by atoms with van der Waals surface area (Å²) in [6.45, 7) is 5.71. The van der Waals surface area contributed by atoms with Crippen LogP contribution < -0.4 is 0 Å². The number of rotatable bonds is 3. The summed E-state index contributed by atoms with van der Waals surface area (Å²) < 4.78 is 1.26. The summed E-state index contributed by atoms with van der Waals surface area (Å²) in [5.41, 5.74) is 2.47. The molecule has 1 aromatic rings. The Bertz CT molecular complexity index is 373. The van der Waals surface area contributed by atoms with Crippen LogP contribution in [-0.4, -0.2) is 0 Å². The minimum atomic E-state index is 1.23. The van der Waals surface area contributed by atoms with Crippen molar-refractivity contribution in [2.45, 2.75) is 6.92 Å². The van der Waals surface area contributed by atoms with Gasteiger partial charge in [-0.2, -0.15) is 0 Å². The Morgan fingerprint density at radius 1 is 1.43 bits per heavy atom. The van der Waals surface area contributed by atoms with E-state index in [0.29, 0.717) is 0 Å². The van der Waals surface area contributed by atoms with Crippen LogP contribution in [0.3, 0.4) is 0 Å². The number of allylic oxidation sites excluding steroid dienone is 5. The molecule has 0 unspecified atom stereocenters. The summed E-state index contributed by atoms with van der Waals surface area (Å²) in [5.74, 6) is 0. The van der Waals surface area contributed by atoms with Crippen molar-refractivity contribution in [1.82, 2.24) is 0 Å². The number of benzene rings is 1. The van der Waals surface area contributed by atoms with E-state index < -0.39 is 0 Å². The smallest absolute Gasteiger partial charge is 0.0136 e. The maximum atomic E-state index is 3.66. The lowest BCUT2D eigenvalue weighted by molar-refractivity contribution is 1.56. The van der Waals surface area contributed by atoms with Gasteiger partial charge in [-0.05, 0) is 52.8 Å². The van der Waals surface area contributed by atoms with Gasteiger partial charge in [0.15, 0.2) is 0 Å². The van der Waals surface area contributed by atoms with Gasteiger partial charge in [-0.3, -0.25) is 0 Å². The van der Waals surface area contributed by atoms with Gasteiger partial charge in [0, 0.05) is 3.57 Å². The van der Waals surface area contributed by atoms with E-state index in [1.54, 1.807) is 6.08 Å². The maximum absolute atomic E-state index is 3.66. The van der Waals surface area contributed by atoms with Crippen LogP contribution >= 0.6 is 22.6 Å². The second kappa shape index (κ2) is 5.81. The van der Waals surface area contributed by atoms with E-state index in [1.165, 1.54) is 14.7 Å². The van der Waals surface area contributed by atoms with Crippen molar-refractivity contribution in [2.24, 2.45) is 0 Å². The van der Waals surface area contributed by atoms with Crippen LogP contribution in [0, 0.1) is 3.57 Å². The molecule has 0 fully saturated rings. The topological polar surface area (TPSA) is 0 Å². The van der Waals surface area contributed by atoms with E-state index in [1.807, 2.05) is 13.0 Å². The summed E-state index contributed by atoms with van der Waals surface area (Å²) in [5, 5.41) is 0. The number of halogens is 1. The Balaban J connectivity index is 3.02. The number of hydrogen-bond donors (Lipinski definition) is 0. The SMILES string of the molecule is C=C/C=C\C(=C/C)c1cccc(I)c1. The molecular weight excluding hydrogens is 283 g/mol. The molecule has 0 saturated carbocycles. The highest BCUT2D eigenvalue weighted by Gasteiger charge is 1.96. The fraction of sp³-hybridized carbons (Fsp3) is 0.0769. The van der Waals surface area contributed by atoms with Gasteiger partial charge in [0.05, 0.1) is 0 Å². The highest BCUT2D eigenvalue weighted by atomic mass is 127. The van der Waals surface area contributed by atoms with Crippen LogP contribution in [0.1, 0.15) is 12.5 Å². The molecule has 0 spiro atoms. The summed E-state index contributed by atoms with van der Waals surface area (Å²) in [6.07, 6.45) is 7.91. The van der Waals surface area contributed by atoms with Crippen molar-refractivity contribution in [3.63, 3.8) is 0 Å². The monoisotopic (exact) mass is 296 g/mol. The molecule has 72 valence electrons. The summed E-state index contributed by atoms with van der Waals surface area (Å²) in [7, 11) is 0. The molecule has 0 nitrogen and oxygen atoms in total. The van der Waals surface area contributed by atoms with Gasteiger partial charge in [0.25, 0.3) is 0 Å². The molecule has 0 amide bonds. The van der Waals surface area contributed by atoms with Crippen molar-refractivity contribution in [1.29, 1.82) is 0 Å². The molecule has 0 bridgehead atoms. The Morgan fingerprint density at radius 2 is 2.21 bits per heavy atom. The van der Waals surface area contributed by atoms with Gasteiger partial charge in [-0.15, -0.1) is 0 Å². The molecule has 0 heterocycles. The van der Waals surface area contributed by atoms with Gasteiger partial charge in [-0.25, -0.2) is 0 Å². The first kappa shape index (κ1) is 11.2. The second-order valence-electron chi connectivity index (χ2n) is 2.85. The standard InChI is InChI=1S/C13H13I/c1-3-5-7-11(4-2)12-8-6-9-13(14)10-12/h3-10H,1H2,2H3/b7-5-,11-4+. The van der Waals surface area contributed by atoms with E-state index in [-0.39, 0.29) is 0 Å². The molecule has 0 aliphatic rings. The molecule has 1 aromatic carbocycles. The van der Waals surface area contributed by atoms with E-state index >= 15 is 0 Å². The molecule has 0 N–H and O–H groups in total. The molecule has 0 atom stereocenters. The average molecular weight is 296 g/mol. The zero-order chi connectivity index (χ0) is 10.4. The minimum absolute atomic E-state index is 1.23. The zero-order valence-electron chi connectivity index (χ0n) is 8.20. The Kier molecular flexibility index (Phi) is 4.66. The molecule has 0 radical (unpaired) electrons. The quantitative estimate of drug-likeness (QED) is 0.571. The molecule has 14 heavy (non-hydrogen) atoms. The van der Waals surface area contributed by atoms with E-state index in [0.717, 1.165) is 0 Å². The van der Waals surface area contributed by atoms with Gasteiger partial charge < -0.3 is 0 Å². The second-order valence-corrected chi connectivity index (χ2v) is 4.09. The fourth-order valence-corrected chi connectivity index (χ4v) is 1.74. The highest BCUT2D eigenvalue weighted by molar-refractivity contribution is 14.1. The van der Waals surface area contributed by atoms with Crippen molar-refractivity contribution in [2.75, 3.05) is 0 Å². The molecule has 1 heteroatoms. The lowest BCUT2D eigenvalue weighted by Gasteiger charge is -2.01. The average Bonchev–Trinajstić information content (AvgIpc) is 2.19. The maximum Gasteiger partial charge on any atom is 0.0136 e. The first-order chi connectivity index (χ1) is 6.77. The predicted octanol–water partition coefficient (Wildman–Crippen LogP) is 4.44. The zero-order valence-corrected chi connectivity index (χ0v) is 10.4. The molecule has 0 aromatic heterocycles. The third-order valence-electron chi connectivity index (χ3n) is 1.88.